The fraction of sp³-hybridized carbons (Fsp3) is 0.0227. The summed E-state index contributed by atoms with van der Waals surface area (Å²) in [7, 11) is 0. The van der Waals surface area contributed by atoms with Gasteiger partial charge < -0.3 is 9.67 Å². The van der Waals surface area contributed by atoms with Gasteiger partial charge in [-0.15, -0.1) is 0 Å². The molecule has 1 atom stereocenters. The second-order valence-corrected chi connectivity index (χ2v) is 12.3. The lowest BCUT2D eigenvalue weighted by molar-refractivity contribution is 0.0935. The number of hydrogen-bond donors (Lipinski definition) is 1. The number of aromatic nitrogens is 2. The molecule has 2 aromatic heterocycles. The fourth-order valence-electron chi connectivity index (χ4n) is 7.36. The maximum Gasteiger partial charge on any atom is 0.263 e. The molecule has 0 aliphatic carbocycles. The lowest BCUT2D eigenvalue weighted by Gasteiger charge is -2.26. The van der Waals surface area contributed by atoms with E-state index in [4.69, 9.17) is 0 Å². The first-order valence-corrected chi connectivity index (χ1v) is 16.4. The number of nitrogens with zero attached hydrogens (tertiary/aromatic N) is 4. The van der Waals surface area contributed by atoms with Gasteiger partial charge in [0.2, 0.25) is 0 Å². The number of pyridine rings is 1. The van der Waals surface area contributed by atoms with Crippen LogP contribution in [0.4, 0.5) is 5.69 Å². The first-order chi connectivity index (χ1) is 24.6. The molecule has 50 heavy (non-hydrogen) atoms. The zero-order valence-electron chi connectivity index (χ0n) is 26.7. The SMILES string of the molecule is N#Cc1cccc(-c2ccc3c4ccccc4n(-c4cccc5c4C(=O)N(c4cccc(-c6ccccc6)c4-c4ccccc4)C5O)c3c2)n1. The smallest absolute Gasteiger partial charge is 0.263 e. The Morgan fingerprint density at radius 2 is 1.28 bits per heavy atom. The minimum atomic E-state index is -1.20. The number of aliphatic hydroxyl groups excluding tert-OH is 1. The van der Waals surface area contributed by atoms with E-state index in [-0.39, 0.29) is 5.91 Å². The molecule has 1 aliphatic heterocycles. The number of para-hydroxylation sites is 1. The van der Waals surface area contributed by atoms with Crippen LogP contribution in [0.15, 0.2) is 158 Å². The summed E-state index contributed by atoms with van der Waals surface area (Å²) in [5.74, 6) is -0.282. The van der Waals surface area contributed by atoms with Gasteiger partial charge in [0, 0.05) is 27.5 Å². The molecule has 9 rings (SSSR count). The second-order valence-electron chi connectivity index (χ2n) is 12.3. The monoisotopic (exact) mass is 644 g/mol. The van der Waals surface area contributed by atoms with Crippen molar-refractivity contribution in [3.8, 4) is 45.3 Å². The Morgan fingerprint density at radius 3 is 2.08 bits per heavy atom. The quantitative estimate of drug-likeness (QED) is 0.202. The molecule has 1 amide bonds. The molecule has 1 N–H and O–H groups in total. The summed E-state index contributed by atoms with van der Waals surface area (Å²) in [5.41, 5.74) is 9.80. The highest BCUT2D eigenvalue weighted by atomic mass is 16.3. The van der Waals surface area contributed by atoms with E-state index in [2.05, 4.69) is 52.0 Å². The highest BCUT2D eigenvalue weighted by Gasteiger charge is 2.40. The van der Waals surface area contributed by atoms with E-state index in [0.29, 0.717) is 33.9 Å². The van der Waals surface area contributed by atoms with Crippen molar-refractivity contribution in [1.29, 1.82) is 5.26 Å². The summed E-state index contributed by atoms with van der Waals surface area (Å²) in [4.78, 5) is 21.0. The number of benzene rings is 6. The second kappa shape index (κ2) is 11.7. The molecule has 0 spiro atoms. The van der Waals surface area contributed by atoms with Gasteiger partial charge in [-0.2, -0.15) is 5.26 Å². The zero-order valence-corrected chi connectivity index (χ0v) is 26.7. The molecule has 8 aromatic rings. The number of carbonyl (C=O) groups excluding carboxylic acids is 1. The van der Waals surface area contributed by atoms with E-state index < -0.39 is 6.23 Å². The number of fused-ring (bicyclic) bond motifs is 4. The average molecular weight is 645 g/mol. The van der Waals surface area contributed by atoms with Gasteiger partial charge in [0.05, 0.1) is 33.7 Å². The van der Waals surface area contributed by atoms with Crippen molar-refractivity contribution >= 4 is 33.4 Å². The van der Waals surface area contributed by atoms with Gasteiger partial charge in [0.25, 0.3) is 5.91 Å². The average Bonchev–Trinajstić information content (AvgIpc) is 3.65. The van der Waals surface area contributed by atoms with Crippen molar-refractivity contribution in [2.24, 2.45) is 0 Å². The summed E-state index contributed by atoms with van der Waals surface area (Å²) in [5, 5.41) is 23.6. The molecule has 0 bridgehead atoms. The van der Waals surface area contributed by atoms with Crippen LogP contribution in [0.2, 0.25) is 0 Å². The van der Waals surface area contributed by atoms with E-state index in [1.54, 1.807) is 6.07 Å². The molecule has 1 aliphatic rings. The number of carbonyl (C=O) groups is 1. The fourth-order valence-corrected chi connectivity index (χ4v) is 7.36. The number of aliphatic hydroxyl groups is 1. The van der Waals surface area contributed by atoms with Gasteiger partial charge in [-0.25, -0.2) is 4.98 Å². The number of hydrogen-bond acceptors (Lipinski definition) is 4. The van der Waals surface area contributed by atoms with Crippen LogP contribution in [0.1, 0.15) is 27.8 Å². The zero-order chi connectivity index (χ0) is 33.8. The van der Waals surface area contributed by atoms with E-state index in [0.717, 1.165) is 49.6 Å². The normalized spacial score (nSPS) is 13.9. The third-order valence-corrected chi connectivity index (χ3v) is 9.55. The summed E-state index contributed by atoms with van der Waals surface area (Å²) in [6.45, 7) is 0. The molecule has 0 radical (unpaired) electrons. The molecule has 0 fully saturated rings. The lowest BCUT2D eigenvalue weighted by atomic mass is 9.92. The highest BCUT2D eigenvalue weighted by molar-refractivity contribution is 6.17. The Labute approximate surface area is 288 Å². The van der Waals surface area contributed by atoms with Crippen LogP contribution in [-0.4, -0.2) is 20.6 Å². The number of anilines is 1. The number of nitriles is 1. The topological polar surface area (TPSA) is 82.2 Å². The Kier molecular flexibility index (Phi) is 6.87. The molecule has 3 heterocycles. The van der Waals surface area contributed by atoms with Crippen molar-refractivity contribution in [1.82, 2.24) is 9.55 Å². The first kappa shape index (κ1) is 29.3. The molecule has 1 unspecified atom stereocenters. The van der Waals surface area contributed by atoms with Crippen LogP contribution in [0.3, 0.4) is 0 Å². The van der Waals surface area contributed by atoms with Crippen LogP contribution in [-0.2, 0) is 0 Å². The van der Waals surface area contributed by atoms with Crippen LogP contribution >= 0.6 is 0 Å². The summed E-state index contributed by atoms with van der Waals surface area (Å²) < 4.78 is 2.10. The molecule has 6 aromatic carbocycles. The predicted octanol–water partition coefficient (Wildman–Crippen LogP) is 9.70. The molecule has 236 valence electrons. The van der Waals surface area contributed by atoms with Gasteiger partial charge in [-0.3, -0.25) is 9.69 Å². The van der Waals surface area contributed by atoms with Crippen LogP contribution in [0, 0.1) is 11.3 Å². The van der Waals surface area contributed by atoms with Gasteiger partial charge >= 0.3 is 0 Å². The van der Waals surface area contributed by atoms with Crippen LogP contribution in [0.25, 0.3) is 61.0 Å². The third-order valence-electron chi connectivity index (χ3n) is 9.55. The standard InChI is InChI=1S/C44H28N4O2/c45-27-31-16-9-20-36(46-31)30-24-25-34-33-17-7-8-21-37(33)47(40(34)26-30)39-23-11-19-35-42(39)44(50)48(43(35)49)38-22-10-18-32(28-12-3-1-4-13-28)41(38)29-14-5-2-6-15-29/h1-26,43,49H. The van der Waals surface area contributed by atoms with E-state index >= 15 is 0 Å². The van der Waals surface area contributed by atoms with Gasteiger partial charge in [0.15, 0.2) is 6.23 Å². The molecule has 6 nitrogen and oxygen atoms in total. The van der Waals surface area contributed by atoms with Crippen molar-refractivity contribution in [3.63, 3.8) is 0 Å². The largest absolute Gasteiger partial charge is 0.369 e. The summed E-state index contributed by atoms with van der Waals surface area (Å²) in [6.07, 6.45) is -1.20. The van der Waals surface area contributed by atoms with Crippen LogP contribution < -0.4 is 4.90 Å². The minimum absolute atomic E-state index is 0.282. The summed E-state index contributed by atoms with van der Waals surface area (Å²) in [6, 6.07) is 53.5. The van der Waals surface area contributed by atoms with Crippen molar-refractivity contribution < 1.29 is 9.90 Å². The minimum Gasteiger partial charge on any atom is -0.369 e. The number of amides is 1. The molecule has 6 heteroatoms. The van der Waals surface area contributed by atoms with Gasteiger partial charge in [-0.1, -0.05) is 121 Å². The predicted molar refractivity (Wildman–Crippen MR) is 198 cm³/mol. The molecule has 0 saturated carbocycles. The first-order valence-electron chi connectivity index (χ1n) is 16.4. The van der Waals surface area contributed by atoms with Crippen molar-refractivity contribution in [3.05, 3.63) is 175 Å². The third kappa shape index (κ3) is 4.53. The highest BCUT2D eigenvalue weighted by Crippen LogP contribution is 2.47. The maximum atomic E-state index is 14.9. The van der Waals surface area contributed by atoms with E-state index in [9.17, 15) is 15.2 Å². The molecule has 0 saturated heterocycles. The van der Waals surface area contributed by atoms with Crippen molar-refractivity contribution in [2.75, 3.05) is 4.90 Å². The Balaban J connectivity index is 1.26. The molecular weight excluding hydrogens is 617 g/mol. The Morgan fingerprint density at radius 1 is 0.600 bits per heavy atom. The molecular formula is C44H28N4O2. The van der Waals surface area contributed by atoms with Crippen LogP contribution in [0.5, 0.6) is 0 Å². The Hall–Kier alpha value is -6.81. The summed E-state index contributed by atoms with van der Waals surface area (Å²) >= 11 is 0. The van der Waals surface area contributed by atoms with Gasteiger partial charge in [0.1, 0.15) is 11.8 Å². The van der Waals surface area contributed by atoms with E-state index in [1.807, 2.05) is 115 Å². The van der Waals surface area contributed by atoms with Gasteiger partial charge in [-0.05, 0) is 53.1 Å². The Bertz CT molecular complexity index is 2660. The number of rotatable bonds is 5. The van der Waals surface area contributed by atoms with E-state index in [1.165, 1.54) is 4.90 Å². The lowest BCUT2D eigenvalue weighted by Crippen LogP contribution is -2.28. The van der Waals surface area contributed by atoms with Crippen molar-refractivity contribution in [2.45, 2.75) is 6.23 Å². The maximum absolute atomic E-state index is 14.9.